The first kappa shape index (κ1) is 20.1. The lowest BCUT2D eigenvalue weighted by molar-refractivity contribution is -0.143. The third kappa shape index (κ3) is 5.02. The van der Waals surface area contributed by atoms with Crippen LogP contribution in [0.15, 0.2) is 24.3 Å². The van der Waals surface area contributed by atoms with Crippen LogP contribution in [-0.4, -0.2) is 58.4 Å². The van der Waals surface area contributed by atoms with Crippen molar-refractivity contribution in [1.82, 2.24) is 16.1 Å². The van der Waals surface area contributed by atoms with Gasteiger partial charge in [0.25, 0.3) is 17.7 Å². The van der Waals surface area contributed by atoms with Crippen molar-refractivity contribution < 1.29 is 29.8 Å². The molecular formula is C16H19N3O6. The van der Waals surface area contributed by atoms with Crippen molar-refractivity contribution in [2.45, 2.75) is 18.6 Å². The number of aliphatic hydroxyl groups is 2. The topological polar surface area (TPSA) is 148 Å². The van der Waals surface area contributed by atoms with Gasteiger partial charge < -0.3 is 20.8 Å². The van der Waals surface area contributed by atoms with Gasteiger partial charge in [-0.3, -0.25) is 19.6 Å². The fourth-order valence-electron chi connectivity index (χ4n) is 1.79. The fraction of sp³-hybridized carbons (Fsp3) is 0.312. The van der Waals surface area contributed by atoms with E-state index in [1.165, 1.54) is 36.8 Å². The molecule has 0 fully saturated rings. The Kier molecular flexibility index (Phi) is 7.07. The van der Waals surface area contributed by atoms with Gasteiger partial charge in [-0.1, -0.05) is 11.8 Å². The lowest BCUT2D eigenvalue weighted by Crippen LogP contribution is -2.64. The second-order valence-corrected chi connectivity index (χ2v) is 5.14. The first-order valence-corrected chi connectivity index (χ1v) is 7.18. The standard InChI is InChI=1S/C16H19N3O6/c1-16(14(23)17-2,15(24)19-25)18-13(22)11-6-3-10(4-7-11)5-8-12(21)9-20/h3-4,6-7,12,20-21,25H,9H2,1-2H3,(H,17,23)(H,18,22)(H,19,24). The smallest absolute Gasteiger partial charge is 0.278 e. The SMILES string of the molecule is CNC(=O)C(C)(NC(=O)c1ccc(C#CC(O)CO)cc1)C(=O)NO. The number of hydrogen-bond acceptors (Lipinski definition) is 6. The summed E-state index contributed by atoms with van der Waals surface area (Å²) in [6, 6.07) is 5.81. The van der Waals surface area contributed by atoms with E-state index in [2.05, 4.69) is 22.5 Å². The Hall–Kier alpha value is -2.93. The Labute approximate surface area is 144 Å². The molecule has 0 spiro atoms. The lowest BCUT2D eigenvalue weighted by atomic mass is 9.99. The van der Waals surface area contributed by atoms with Crippen LogP contribution in [0.25, 0.3) is 0 Å². The zero-order chi connectivity index (χ0) is 19.0. The van der Waals surface area contributed by atoms with Gasteiger partial charge in [0, 0.05) is 18.2 Å². The van der Waals surface area contributed by atoms with Crippen LogP contribution in [0.5, 0.6) is 0 Å². The molecule has 0 radical (unpaired) electrons. The molecule has 2 unspecified atom stereocenters. The van der Waals surface area contributed by atoms with Crippen LogP contribution < -0.4 is 16.1 Å². The van der Waals surface area contributed by atoms with Crippen LogP contribution in [0.2, 0.25) is 0 Å². The van der Waals surface area contributed by atoms with E-state index in [9.17, 15) is 14.4 Å². The van der Waals surface area contributed by atoms with Gasteiger partial charge in [-0.15, -0.1) is 0 Å². The van der Waals surface area contributed by atoms with E-state index >= 15 is 0 Å². The number of hydrogen-bond donors (Lipinski definition) is 6. The zero-order valence-electron chi connectivity index (χ0n) is 13.7. The lowest BCUT2D eigenvalue weighted by Gasteiger charge is -2.26. The number of rotatable bonds is 5. The molecule has 0 aliphatic rings. The largest absolute Gasteiger partial charge is 0.393 e. The van der Waals surface area contributed by atoms with E-state index in [0.29, 0.717) is 5.56 Å². The van der Waals surface area contributed by atoms with Crippen molar-refractivity contribution in [2.75, 3.05) is 13.7 Å². The summed E-state index contributed by atoms with van der Waals surface area (Å²) in [5, 5.41) is 31.1. The van der Waals surface area contributed by atoms with Crippen LogP contribution in [0, 0.1) is 11.8 Å². The average molecular weight is 349 g/mol. The second-order valence-electron chi connectivity index (χ2n) is 5.14. The van der Waals surface area contributed by atoms with Crippen LogP contribution >= 0.6 is 0 Å². The molecule has 6 N–H and O–H groups in total. The summed E-state index contributed by atoms with van der Waals surface area (Å²) < 4.78 is 0. The van der Waals surface area contributed by atoms with Gasteiger partial charge in [-0.05, 0) is 31.2 Å². The molecule has 0 aliphatic heterocycles. The van der Waals surface area contributed by atoms with Gasteiger partial charge in [0.15, 0.2) is 5.54 Å². The van der Waals surface area contributed by atoms with Crippen molar-refractivity contribution in [3.8, 4) is 11.8 Å². The fourth-order valence-corrected chi connectivity index (χ4v) is 1.79. The Bertz CT molecular complexity index is 689. The number of hydroxylamine groups is 1. The highest BCUT2D eigenvalue weighted by Crippen LogP contribution is 2.09. The summed E-state index contributed by atoms with van der Waals surface area (Å²) in [7, 11) is 1.28. The molecule has 1 aromatic carbocycles. The number of carbonyl (C=O) groups excluding carboxylic acids is 3. The average Bonchev–Trinajstić information content (AvgIpc) is 2.64. The van der Waals surface area contributed by atoms with Crippen LogP contribution in [0.1, 0.15) is 22.8 Å². The predicted octanol–water partition coefficient (Wildman–Crippen LogP) is -1.87. The summed E-state index contributed by atoms with van der Waals surface area (Å²) in [4.78, 5) is 35.9. The van der Waals surface area contributed by atoms with Gasteiger partial charge in [0.1, 0.15) is 6.10 Å². The molecule has 1 aromatic rings. The van der Waals surface area contributed by atoms with Gasteiger partial charge in [-0.25, -0.2) is 5.48 Å². The number of likely N-dealkylation sites (N-methyl/N-ethyl adjacent to an activating group) is 1. The van der Waals surface area contributed by atoms with E-state index in [4.69, 9.17) is 15.4 Å². The quantitative estimate of drug-likeness (QED) is 0.159. The van der Waals surface area contributed by atoms with Crippen LogP contribution in [0.3, 0.4) is 0 Å². The highest BCUT2D eigenvalue weighted by molar-refractivity contribution is 6.12. The molecule has 0 saturated carbocycles. The molecule has 0 bridgehead atoms. The van der Waals surface area contributed by atoms with Crippen LogP contribution in [-0.2, 0) is 9.59 Å². The number of benzene rings is 1. The Morgan fingerprint density at radius 3 is 2.28 bits per heavy atom. The summed E-state index contributed by atoms with van der Waals surface area (Å²) in [5.41, 5.74) is -0.0277. The number of amides is 3. The molecule has 9 heteroatoms. The summed E-state index contributed by atoms with van der Waals surface area (Å²) in [6.45, 7) is 0.657. The second kappa shape index (κ2) is 8.79. The molecule has 9 nitrogen and oxygen atoms in total. The highest BCUT2D eigenvalue weighted by atomic mass is 16.5. The normalized spacial score (nSPS) is 13.5. The minimum atomic E-state index is -2.01. The van der Waals surface area contributed by atoms with Gasteiger partial charge in [0.2, 0.25) is 0 Å². The molecule has 0 heterocycles. The maximum atomic E-state index is 12.3. The third-order valence-electron chi connectivity index (χ3n) is 3.30. The van der Waals surface area contributed by atoms with Gasteiger partial charge in [0.05, 0.1) is 6.61 Å². The molecule has 3 amide bonds. The van der Waals surface area contributed by atoms with Gasteiger partial charge >= 0.3 is 0 Å². The molecule has 25 heavy (non-hydrogen) atoms. The maximum absolute atomic E-state index is 12.3. The third-order valence-corrected chi connectivity index (χ3v) is 3.30. The Balaban J connectivity index is 2.97. The minimum absolute atomic E-state index is 0.147. The molecule has 2 atom stereocenters. The summed E-state index contributed by atoms with van der Waals surface area (Å²) in [5.74, 6) is 2.39. The van der Waals surface area contributed by atoms with E-state index in [1.54, 1.807) is 0 Å². The number of nitrogens with one attached hydrogen (secondary N) is 3. The Morgan fingerprint density at radius 2 is 1.80 bits per heavy atom. The van der Waals surface area contributed by atoms with Gasteiger partial charge in [-0.2, -0.15) is 0 Å². The van der Waals surface area contributed by atoms with E-state index < -0.39 is 36.0 Å². The molecular weight excluding hydrogens is 330 g/mol. The predicted molar refractivity (Wildman–Crippen MR) is 86.3 cm³/mol. The van der Waals surface area contributed by atoms with Crippen molar-refractivity contribution >= 4 is 17.7 Å². The highest BCUT2D eigenvalue weighted by Gasteiger charge is 2.42. The first-order valence-electron chi connectivity index (χ1n) is 7.18. The Morgan fingerprint density at radius 1 is 1.20 bits per heavy atom. The summed E-state index contributed by atoms with van der Waals surface area (Å²) >= 11 is 0. The molecule has 1 rings (SSSR count). The minimum Gasteiger partial charge on any atom is -0.393 e. The number of aliphatic hydroxyl groups excluding tert-OH is 2. The number of carbonyl (C=O) groups is 3. The first-order chi connectivity index (χ1) is 11.8. The van der Waals surface area contributed by atoms with Crippen molar-refractivity contribution in [2.24, 2.45) is 0 Å². The summed E-state index contributed by atoms with van der Waals surface area (Å²) in [6.07, 6.45) is -1.16. The zero-order valence-corrected chi connectivity index (χ0v) is 13.7. The van der Waals surface area contributed by atoms with Crippen molar-refractivity contribution in [3.63, 3.8) is 0 Å². The van der Waals surface area contributed by atoms with E-state index in [-0.39, 0.29) is 5.56 Å². The van der Waals surface area contributed by atoms with E-state index in [0.717, 1.165) is 6.92 Å². The van der Waals surface area contributed by atoms with Crippen LogP contribution in [0.4, 0.5) is 0 Å². The molecule has 0 saturated heterocycles. The van der Waals surface area contributed by atoms with E-state index in [1.807, 2.05) is 0 Å². The monoisotopic (exact) mass is 349 g/mol. The van der Waals surface area contributed by atoms with Crippen molar-refractivity contribution in [3.05, 3.63) is 35.4 Å². The maximum Gasteiger partial charge on any atom is 0.278 e. The van der Waals surface area contributed by atoms with Crippen molar-refractivity contribution in [1.29, 1.82) is 0 Å². The molecule has 0 aliphatic carbocycles. The molecule has 0 aromatic heterocycles. The molecule has 134 valence electrons.